The smallest absolute Gasteiger partial charge is 0.225 e. The molecule has 1 aliphatic carbocycles. The van der Waals surface area contributed by atoms with Crippen LogP contribution >= 0.6 is 0 Å². The first-order valence-electron chi connectivity index (χ1n) is 11.6. The molecule has 1 N–H and O–H groups in total. The Balaban J connectivity index is 1.41. The summed E-state index contributed by atoms with van der Waals surface area (Å²) in [5.41, 5.74) is 1.60. The highest BCUT2D eigenvalue weighted by atomic mass is 19.1. The Bertz CT molecular complexity index is 922. The molecule has 0 radical (unpaired) electrons. The molecule has 1 saturated carbocycles. The summed E-state index contributed by atoms with van der Waals surface area (Å²) in [6, 6.07) is 17.1. The molecule has 2 aromatic carbocycles. The van der Waals surface area contributed by atoms with Gasteiger partial charge in [0, 0.05) is 43.1 Å². The van der Waals surface area contributed by atoms with Crippen LogP contribution in [0.5, 0.6) is 0 Å². The van der Waals surface area contributed by atoms with E-state index in [2.05, 4.69) is 17.0 Å². The van der Waals surface area contributed by atoms with Crippen molar-refractivity contribution >= 4 is 5.91 Å². The van der Waals surface area contributed by atoms with Gasteiger partial charge in [0.15, 0.2) is 0 Å². The van der Waals surface area contributed by atoms with Gasteiger partial charge in [-0.2, -0.15) is 0 Å². The van der Waals surface area contributed by atoms with Crippen molar-refractivity contribution in [1.29, 1.82) is 0 Å². The average Bonchev–Trinajstić information content (AvgIpc) is 2.78. The van der Waals surface area contributed by atoms with E-state index in [0.29, 0.717) is 25.2 Å². The Hall–Kier alpha value is -2.24. The number of likely N-dealkylation sites (tertiary alicyclic amines) is 2. The molecule has 5 heteroatoms. The summed E-state index contributed by atoms with van der Waals surface area (Å²) in [5, 5.41) is 10.3. The fourth-order valence-corrected chi connectivity index (χ4v) is 6.20. The van der Waals surface area contributed by atoms with Crippen molar-refractivity contribution < 1.29 is 14.3 Å². The lowest BCUT2D eigenvalue weighted by molar-refractivity contribution is -0.202. The number of carbonyl (C=O) groups is 1. The van der Waals surface area contributed by atoms with Gasteiger partial charge in [0.25, 0.3) is 0 Å². The molecule has 0 aromatic heterocycles. The van der Waals surface area contributed by atoms with E-state index in [9.17, 15) is 14.3 Å². The number of aliphatic hydroxyl groups is 1. The number of halogens is 1. The molecule has 2 aliphatic heterocycles. The van der Waals surface area contributed by atoms with Crippen LogP contribution in [-0.2, 0) is 11.3 Å². The lowest BCUT2D eigenvalue weighted by atomic mass is 9.60. The second kappa shape index (κ2) is 8.36. The minimum atomic E-state index is -0.235. The van der Waals surface area contributed by atoms with E-state index < -0.39 is 0 Å². The highest BCUT2D eigenvalue weighted by Crippen LogP contribution is 2.54. The van der Waals surface area contributed by atoms with Crippen LogP contribution in [-0.4, -0.2) is 52.1 Å². The van der Waals surface area contributed by atoms with E-state index in [0.717, 1.165) is 25.7 Å². The molecule has 2 atom stereocenters. The summed E-state index contributed by atoms with van der Waals surface area (Å²) >= 11 is 0. The van der Waals surface area contributed by atoms with Gasteiger partial charge in [0.05, 0.1) is 12.1 Å². The molecule has 2 aromatic rings. The Morgan fingerprint density at radius 2 is 1.68 bits per heavy atom. The zero-order valence-electron chi connectivity index (χ0n) is 17.9. The van der Waals surface area contributed by atoms with Gasteiger partial charge < -0.3 is 10.0 Å². The number of rotatable bonds is 5. The first kappa shape index (κ1) is 20.7. The molecule has 0 unspecified atom stereocenters. The van der Waals surface area contributed by atoms with Crippen molar-refractivity contribution in [2.75, 3.05) is 19.7 Å². The van der Waals surface area contributed by atoms with Crippen molar-refractivity contribution in [3.8, 4) is 0 Å². The van der Waals surface area contributed by atoms with E-state index in [4.69, 9.17) is 0 Å². The second-order valence-electron chi connectivity index (χ2n) is 9.49. The van der Waals surface area contributed by atoms with Crippen LogP contribution in [0.4, 0.5) is 4.39 Å². The largest absolute Gasteiger partial charge is 0.395 e. The number of hydrogen-bond donors (Lipinski definition) is 1. The third kappa shape index (κ3) is 3.48. The van der Waals surface area contributed by atoms with Crippen molar-refractivity contribution in [2.24, 2.45) is 5.92 Å². The predicted molar refractivity (Wildman–Crippen MR) is 118 cm³/mol. The summed E-state index contributed by atoms with van der Waals surface area (Å²) in [5.74, 6) is 0.373. The number of benzene rings is 2. The summed E-state index contributed by atoms with van der Waals surface area (Å²) < 4.78 is 14.4. The number of amides is 1. The van der Waals surface area contributed by atoms with E-state index in [1.807, 2.05) is 35.2 Å². The molecule has 2 heterocycles. The standard InChI is InChI=1S/C26H31FN2O2/c27-22-14-8-7-13-21(22)15-29-23(16-30)24(19-9-3-1-4-10-19)26(29)17-28(18-26)25(31)20-11-5-2-6-12-20/h1,3-4,7-10,13-14,20,23-24,30H,2,5-6,11-12,15-18H2/t23-,24+/m0/s1. The predicted octanol–water partition coefficient (Wildman–Crippen LogP) is 3.95. The first-order chi connectivity index (χ1) is 15.1. The van der Waals surface area contributed by atoms with Crippen LogP contribution in [0.1, 0.15) is 49.1 Å². The maximum atomic E-state index is 14.4. The van der Waals surface area contributed by atoms with E-state index in [1.54, 1.807) is 6.07 Å². The Labute approximate surface area is 183 Å². The fraction of sp³-hybridized carbons (Fsp3) is 0.500. The molecule has 3 aliphatic rings. The molecule has 1 amide bonds. The summed E-state index contributed by atoms with van der Waals surface area (Å²) in [7, 11) is 0. The zero-order chi connectivity index (χ0) is 21.4. The second-order valence-corrected chi connectivity index (χ2v) is 9.49. The Kier molecular flexibility index (Phi) is 5.57. The number of carbonyl (C=O) groups excluding carboxylic acids is 1. The zero-order valence-corrected chi connectivity index (χ0v) is 17.9. The highest BCUT2D eigenvalue weighted by Gasteiger charge is 2.66. The quantitative estimate of drug-likeness (QED) is 0.794. The molecule has 4 nitrogen and oxygen atoms in total. The van der Waals surface area contributed by atoms with Gasteiger partial charge >= 0.3 is 0 Å². The number of hydrogen-bond acceptors (Lipinski definition) is 3. The van der Waals surface area contributed by atoms with Gasteiger partial charge in [-0.05, 0) is 24.5 Å². The van der Waals surface area contributed by atoms with Gasteiger partial charge in [0.2, 0.25) is 5.91 Å². The third-order valence-corrected chi connectivity index (χ3v) is 7.78. The van der Waals surface area contributed by atoms with E-state index in [-0.39, 0.29) is 41.7 Å². The highest BCUT2D eigenvalue weighted by molar-refractivity contribution is 5.80. The maximum Gasteiger partial charge on any atom is 0.225 e. The van der Waals surface area contributed by atoms with Gasteiger partial charge in [-0.15, -0.1) is 0 Å². The molecule has 2 saturated heterocycles. The van der Waals surface area contributed by atoms with Crippen LogP contribution in [0.3, 0.4) is 0 Å². The van der Waals surface area contributed by atoms with Crippen molar-refractivity contribution in [3.05, 3.63) is 71.5 Å². The van der Waals surface area contributed by atoms with Crippen LogP contribution in [0.2, 0.25) is 0 Å². The van der Waals surface area contributed by atoms with Gasteiger partial charge in [-0.1, -0.05) is 67.8 Å². The SMILES string of the molecule is O=C(C1CCCCC1)N1CC2(C1)[C@H](c1ccccc1)[C@H](CO)N2Cc1ccccc1F. The van der Waals surface area contributed by atoms with E-state index in [1.165, 1.54) is 18.1 Å². The lowest BCUT2D eigenvalue weighted by Gasteiger charge is -2.71. The minimum Gasteiger partial charge on any atom is -0.395 e. The number of aliphatic hydroxyl groups excluding tert-OH is 1. The van der Waals surface area contributed by atoms with Crippen molar-refractivity contribution in [2.45, 2.75) is 56.1 Å². The maximum absolute atomic E-state index is 14.4. The van der Waals surface area contributed by atoms with Gasteiger partial charge in [-0.3, -0.25) is 9.69 Å². The lowest BCUT2D eigenvalue weighted by Crippen LogP contribution is -2.84. The third-order valence-electron chi connectivity index (χ3n) is 7.78. The topological polar surface area (TPSA) is 43.8 Å². The Morgan fingerprint density at radius 1 is 1.00 bits per heavy atom. The molecule has 1 spiro atoms. The Morgan fingerprint density at radius 3 is 2.35 bits per heavy atom. The first-order valence-corrected chi connectivity index (χ1v) is 11.6. The van der Waals surface area contributed by atoms with Crippen molar-refractivity contribution in [1.82, 2.24) is 9.80 Å². The molecule has 0 bridgehead atoms. The van der Waals surface area contributed by atoms with Crippen LogP contribution in [0.15, 0.2) is 54.6 Å². The van der Waals surface area contributed by atoms with Crippen LogP contribution < -0.4 is 0 Å². The molecule has 3 fully saturated rings. The minimum absolute atomic E-state index is 0.0202. The van der Waals surface area contributed by atoms with Gasteiger partial charge in [0.1, 0.15) is 5.82 Å². The van der Waals surface area contributed by atoms with Gasteiger partial charge in [-0.25, -0.2) is 4.39 Å². The summed E-state index contributed by atoms with van der Waals surface area (Å²) in [6.07, 6.45) is 5.53. The summed E-state index contributed by atoms with van der Waals surface area (Å²) in [6.45, 7) is 1.79. The monoisotopic (exact) mass is 422 g/mol. The average molecular weight is 423 g/mol. The van der Waals surface area contributed by atoms with E-state index >= 15 is 0 Å². The molecular formula is C26H31FN2O2. The van der Waals surface area contributed by atoms with Crippen LogP contribution in [0.25, 0.3) is 0 Å². The molecule has 164 valence electrons. The molecular weight excluding hydrogens is 391 g/mol. The normalized spacial score (nSPS) is 25.8. The summed E-state index contributed by atoms with van der Waals surface area (Å²) in [4.78, 5) is 17.4. The molecule has 5 rings (SSSR count). The number of nitrogens with zero attached hydrogens (tertiary/aromatic N) is 2. The van der Waals surface area contributed by atoms with Crippen LogP contribution in [0, 0.1) is 11.7 Å². The fourth-order valence-electron chi connectivity index (χ4n) is 6.20. The van der Waals surface area contributed by atoms with Crippen molar-refractivity contribution in [3.63, 3.8) is 0 Å². The molecule has 31 heavy (non-hydrogen) atoms.